The summed E-state index contributed by atoms with van der Waals surface area (Å²) in [7, 11) is 0. The molecule has 6 rings (SSSR count). The quantitative estimate of drug-likeness (QED) is 0.545. The first-order valence-electron chi connectivity index (χ1n) is 12.0. The topological polar surface area (TPSA) is 45.3 Å². The predicted molar refractivity (Wildman–Crippen MR) is 115 cm³/mol. The summed E-state index contributed by atoms with van der Waals surface area (Å²) in [6.07, 6.45) is 5.84. The lowest BCUT2D eigenvalue weighted by atomic mass is 9.53. The fourth-order valence-electron chi connectivity index (χ4n) is 7.28. The van der Waals surface area contributed by atoms with Gasteiger partial charge in [-0.15, -0.1) is 0 Å². The van der Waals surface area contributed by atoms with E-state index in [0.29, 0.717) is 11.8 Å². The van der Waals surface area contributed by atoms with Gasteiger partial charge in [0.05, 0.1) is 18.1 Å². The number of ether oxygens (including phenoxy) is 2. The summed E-state index contributed by atoms with van der Waals surface area (Å²) in [4.78, 5) is 17.6. The third kappa shape index (κ3) is 3.37. The molecule has 31 heavy (non-hydrogen) atoms. The summed E-state index contributed by atoms with van der Waals surface area (Å²) in [5.41, 5.74) is 1.43. The minimum absolute atomic E-state index is 0.00959. The van der Waals surface area contributed by atoms with Gasteiger partial charge in [-0.2, -0.15) is 0 Å². The van der Waals surface area contributed by atoms with E-state index in [1.807, 2.05) is 12.1 Å². The Kier molecular flexibility index (Phi) is 4.62. The highest BCUT2D eigenvalue weighted by molar-refractivity contribution is 5.75. The Morgan fingerprint density at radius 2 is 1.87 bits per heavy atom. The van der Waals surface area contributed by atoms with Gasteiger partial charge in [-0.3, -0.25) is 9.69 Å². The second-order valence-corrected chi connectivity index (χ2v) is 10.9. The van der Waals surface area contributed by atoms with Crippen molar-refractivity contribution in [2.75, 3.05) is 44.2 Å². The van der Waals surface area contributed by atoms with E-state index < -0.39 is 0 Å². The Morgan fingerprint density at radius 3 is 2.58 bits per heavy atom. The second kappa shape index (κ2) is 7.17. The van der Waals surface area contributed by atoms with E-state index in [1.54, 1.807) is 0 Å². The molecule has 0 amide bonds. The summed E-state index contributed by atoms with van der Waals surface area (Å²) in [5.74, 6) is 0.715. The largest absolute Gasteiger partial charge is 0.462 e. The van der Waals surface area contributed by atoms with E-state index in [-0.39, 0.29) is 34.8 Å². The second-order valence-electron chi connectivity index (χ2n) is 10.9. The van der Waals surface area contributed by atoms with Crippen molar-refractivity contribution in [3.05, 3.63) is 30.1 Å². The first-order valence-corrected chi connectivity index (χ1v) is 12.0. The number of nitrogens with zero attached hydrogens (tertiary/aromatic N) is 2. The van der Waals surface area contributed by atoms with Gasteiger partial charge in [0.2, 0.25) is 0 Å². The summed E-state index contributed by atoms with van der Waals surface area (Å²) in [6, 6.07) is 6.75. The van der Waals surface area contributed by atoms with Gasteiger partial charge in [0.15, 0.2) is 0 Å². The Morgan fingerprint density at radius 1 is 1.13 bits per heavy atom. The van der Waals surface area contributed by atoms with Crippen LogP contribution >= 0.6 is 0 Å². The number of fused-ring (bicyclic) bond motifs is 3. The fraction of sp³-hybridized carbons (Fsp3) is 0.720. The normalized spacial score (nSPS) is 42.3. The molecular formula is C25H33FN2O3. The minimum atomic E-state index is -0.198. The van der Waals surface area contributed by atoms with Crippen molar-refractivity contribution in [1.82, 2.24) is 4.90 Å². The molecule has 2 saturated carbocycles. The van der Waals surface area contributed by atoms with Crippen LogP contribution in [-0.4, -0.2) is 61.9 Å². The van der Waals surface area contributed by atoms with Crippen LogP contribution in [0.3, 0.4) is 0 Å². The summed E-state index contributed by atoms with van der Waals surface area (Å²) >= 11 is 0. The van der Waals surface area contributed by atoms with E-state index >= 15 is 0 Å². The number of piperazine rings is 1. The van der Waals surface area contributed by atoms with Crippen LogP contribution in [-0.2, 0) is 14.3 Å². The predicted octanol–water partition coefficient (Wildman–Crippen LogP) is 3.47. The molecule has 3 aliphatic heterocycles. The third-order valence-electron chi connectivity index (χ3n) is 9.10. The molecule has 2 aliphatic carbocycles. The van der Waals surface area contributed by atoms with E-state index in [2.05, 4.69) is 16.7 Å². The molecule has 6 heteroatoms. The van der Waals surface area contributed by atoms with Gasteiger partial charge in [-0.1, -0.05) is 6.92 Å². The molecule has 0 unspecified atom stereocenters. The van der Waals surface area contributed by atoms with Gasteiger partial charge in [0.1, 0.15) is 11.9 Å². The van der Waals surface area contributed by atoms with Crippen LogP contribution in [0.4, 0.5) is 10.1 Å². The van der Waals surface area contributed by atoms with Gasteiger partial charge in [0.25, 0.3) is 0 Å². The molecule has 0 aromatic heterocycles. The van der Waals surface area contributed by atoms with Crippen molar-refractivity contribution in [2.45, 2.75) is 50.7 Å². The van der Waals surface area contributed by atoms with Crippen molar-refractivity contribution in [2.24, 2.45) is 23.2 Å². The van der Waals surface area contributed by atoms with Crippen molar-refractivity contribution < 1.29 is 18.7 Å². The number of halogens is 1. The zero-order valence-corrected chi connectivity index (χ0v) is 18.4. The van der Waals surface area contributed by atoms with E-state index in [9.17, 15) is 9.18 Å². The van der Waals surface area contributed by atoms with Crippen LogP contribution in [0, 0.1) is 29.0 Å². The van der Waals surface area contributed by atoms with E-state index in [4.69, 9.17) is 9.47 Å². The molecule has 5 aliphatic rings. The number of rotatable bonds is 3. The van der Waals surface area contributed by atoms with Crippen LogP contribution in [0.2, 0.25) is 0 Å². The van der Waals surface area contributed by atoms with Gasteiger partial charge in [-0.25, -0.2) is 4.39 Å². The van der Waals surface area contributed by atoms with Crippen molar-refractivity contribution in [3.8, 4) is 0 Å². The minimum Gasteiger partial charge on any atom is -0.462 e. The Labute approximate surface area is 183 Å². The van der Waals surface area contributed by atoms with Gasteiger partial charge >= 0.3 is 5.97 Å². The molecule has 3 heterocycles. The maximum Gasteiger partial charge on any atom is 0.310 e. The third-order valence-corrected chi connectivity index (χ3v) is 9.10. The molecule has 168 valence electrons. The lowest BCUT2D eigenvalue weighted by Gasteiger charge is -2.51. The zero-order chi connectivity index (χ0) is 21.2. The first kappa shape index (κ1) is 20.0. The Bertz CT molecular complexity index is 849. The van der Waals surface area contributed by atoms with Crippen LogP contribution < -0.4 is 4.90 Å². The number of epoxide rings is 1. The number of hydrogen-bond donors (Lipinski definition) is 0. The van der Waals surface area contributed by atoms with Gasteiger partial charge < -0.3 is 14.4 Å². The number of hydrogen-bond acceptors (Lipinski definition) is 5. The number of benzene rings is 1. The highest BCUT2D eigenvalue weighted by Crippen LogP contribution is 2.62. The van der Waals surface area contributed by atoms with Crippen molar-refractivity contribution in [1.29, 1.82) is 0 Å². The molecule has 1 aromatic carbocycles. The number of anilines is 1. The monoisotopic (exact) mass is 428 g/mol. The molecular weight excluding hydrogens is 395 g/mol. The van der Waals surface area contributed by atoms with E-state index in [0.717, 1.165) is 57.9 Å². The van der Waals surface area contributed by atoms with Crippen LogP contribution in [0.5, 0.6) is 0 Å². The van der Waals surface area contributed by atoms with Crippen molar-refractivity contribution >= 4 is 11.7 Å². The molecule has 0 N–H and O–H groups in total. The molecule has 5 fully saturated rings. The zero-order valence-electron chi connectivity index (χ0n) is 18.4. The molecule has 0 radical (unpaired) electrons. The Hall–Kier alpha value is -1.66. The first-order chi connectivity index (χ1) is 15.0. The highest BCUT2D eigenvalue weighted by Gasteiger charge is 2.65. The molecule has 0 bridgehead atoms. The van der Waals surface area contributed by atoms with Crippen LogP contribution in [0.25, 0.3) is 0 Å². The molecule has 1 spiro atoms. The fourth-order valence-corrected chi connectivity index (χ4v) is 7.28. The van der Waals surface area contributed by atoms with Crippen LogP contribution in [0.1, 0.15) is 39.0 Å². The molecule has 1 aromatic rings. The maximum absolute atomic E-state index is 13.2. The van der Waals surface area contributed by atoms with E-state index in [1.165, 1.54) is 31.4 Å². The molecule has 6 atom stereocenters. The maximum atomic E-state index is 13.2. The number of esters is 1. The average molecular weight is 429 g/mol. The highest BCUT2D eigenvalue weighted by atomic mass is 19.1. The SMILES string of the molecule is C[C@]12CCC[C@]3(CO3)[C@@H]1C[C@@H]1[C@@H](C2)OC(=O)[C@@H]1CN1CCN(c2ccc(F)cc2)CC1. The van der Waals surface area contributed by atoms with Crippen LogP contribution in [0.15, 0.2) is 24.3 Å². The average Bonchev–Trinajstić information content (AvgIpc) is 3.46. The summed E-state index contributed by atoms with van der Waals surface area (Å²) in [6.45, 7) is 7.77. The smallest absolute Gasteiger partial charge is 0.310 e. The Balaban J connectivity index is 1.11. The molecule has 5 nitrogen and oxygen atoms in total. The molecule has 3 saturated heterocycles. The van der Waals surface area contributed by atoms with Crippen molar-refractivity contribution in [3.63, 3.8) is 0 Å². The lowest BCUT2D eigenvalue weighted by molar-refractivity contribution is -0.147. The van der Waals surface area contributed by atoms with Gasteiger partial charge in [0, 0.05) is 44.3 Å². The number of carbonyl (C=O) groups is 1. The summed E-state index contributed by atoms with van der Waals surface area (Å²) < 4.78 is 25.2. The number of carbonyl (C=O) groups excluding carboxylic acids is 1. The lowest BCUT2D eigenvalue weighted by Crippen LogP contribution is -2.52. The summed E-state index contributed by atoms with van der Waals surface area (Å²) in [5, 5.41) is 0. The van der Waals surface area contributed by atoms with Gasteiger partial charge in [-0.05, 0) is 67.7 Å². The standard InChI is InChI=1S/C25H33FN2O3/c1-24-7-2-8-25(16-30-25)22(24)13-19-20(23(29)31-21(19)14-24)15-27-9-11-28(12-10-27)18-5-3-17(26)4-6-18/h3-6,19-22H,2,7-16H2,1H3/t19-,20+,21+,22+,24+,25-/m0/s1.